The Morgan fingerprint density at radius 3 is 2.33 bits per heavy atom. The highest BCUT2D eigenvalue weighted by molar-refractivity contribution is 6.30. The fourth-order valence-electron chi connectivity index (χ4n) is 2.46. The summed E-state index contributed by atoms with van der Waals surface area (Å²) in [5, 5.41) is 3.81. The minimum atomic E-state index is -0.132. The Hall–Kier alpha value is -2.59. The molecule has 0 fully saturated rings. The van der Waals surface area contributed by atoms with Crippen molar-refractivity contribution in [1.29, 1.82) is 0 Å². The van der Waals surface area contributed by atoms with E-state index in [1.807, 2.05) is 62.4 Å². The second-order valence-corrected chi connectivity index (χ2v) is 6.21. The van der Waals surface area contributed by atoms with E-state index in [1.54, 1.807) is 0 Å². The maximum Gasteiger partial charge on any atom is 0.256 e. The molecule has 2 N–H and O–H groups in total. The highest BCUT2D eigenvalue weighted by atomic mass is 35.5. The summed E-state index contributed by atoms with van der Waals surface area (Å²) < 4.78 is 0. The van der Waals surface area contributed by atoms with Crippen molar-refractivity contribution >= 4 is 23.2 Å². The van der Waals surface area contributed by atoms with Crippen LogP contribution >= 0.6 is 11.6 Å². The number of halogens is 1. The van der Waals surface area contributed by atoms with E-state index in [4.69, 9.17) is 11.6 Å². The van der Waals surface area contributed by atoms with Crippen LogP contribution in [-0.4, -0.2) is 9.97 Å². The van der Waals surface area contributed by atoms with Crippen LogP contribution in [0.25, 0.3) is 0 Å². The molecule has 1 aromatic heterocycles. The fraction of sp³-hybridized carbons (Fsp3) is 0.158. The number of rotatable bonds is 4. The minimum absolute atomic E-state index is 0.132. The Morgan fingerprint density at radius 1 is 1.04 bits per heavy atom. The molecule has 0 amide bonds. The summed E-state index contributed by atoms with van der Waals surface area (Å²) in [7, 11) is 0. The Kier molecular flexibility index (Phi) is 4.67. The second-order valence-electron chi connectivity index (χ2n) is 5.77. The lowest BCUT2D eigenvalue weighted by molar-refractivity contribution is 0.986. The van der Waals surface area contributed by atoms with Crippen molar-refractivity contribution in [3.05, 3.63) is 86.3 Å². The van der Waals surface area contributed by atoms with Crippen LogP contribution < -0.4 is 10.9 Å². The largest absolute Gasteiger partial charge is 0.326 e. The number of aromatic amines is 1. The summed E-state index contributed by atoms with van der Waals surface area (Å²) in [5.74, 6) is 0.446. The first-order valence-corrected chi connectivity index (χ1v) is 8.07. The van der Waals surface area contributed by atoms with Gasteiger partial charge in [0.2, 0.25) is 5.95 Å². The quantitative estimate of drug-likeness (QED) is 0.741. The van der Waals surface area contributed by atoms with Crippen LogP contribution in [0.1, 0.15) is 22.4 Å². The van der Waals surface area contributed by atoms with Crippen molar-refractivity contribution in [1.82, 2.24) is 9.97 Å². The Balaban J connectivity index is 1.84. The molecule has 3 aromatic rings. The molecule has 0 spiro atoms. The predicted molar refractivity (Wildman–Crippen MR) is 98.3 cm³/mol. The van der Waals surface area contributed by atoms with Gasteiger partial charge in [-0.3, -0.25) is 9.78 Å². The molecular formula is C19H18ClN3O. The molecule has 0 unspecified atom stereocenters. The average Bonchev–Trinajstić information content (AvgIpc) is 2.55. The molecule has 0 aliphatic rings. The van der Waals surface area contributed by atoms with Crippen molar-refractivity contribution in [2.24, 2.45) is 0 Å². The van der Waals surface area contributed by atoms with Gasteiger partial charge in [0.15, 0.2) is 0 Å². The van der Waals surface area contributed by atoms with Crippen molar-refractivity contribution in [3.8, 4) is 0 Å². The maximum absolute atomic E-state index is 12.4. The van der Waals surface area contributed by atoms with E-state index in [2.05, 4.69) is 15.3 Å². The van der Waals surface area contributed by atoms with Crippen LogP contribution in [0.15, 0.2) is 53.3 Å². The Labute approximate surface area is 145 Å². The van der Waals surface area contributed by atoms with E-state index in [0.29, 0.717) is 28.6 Å². The standard InChI is InChI=1S/C19H18ClN3O/c1-12-3-9-16(10-4-12)22-19-21-13(2)17(18(24)23-19)11-14-5-7-15(20)8-6-14/h3-10H,11H2,1-2H3,(H2,21,22,23,24). The van der Waals surface area contributed by atoms with Gasteiger partial charge in [-0.25, -0.2) is 4.98 Å². The van der Waals surface area contributed by atoms with E-state index in [1.165, 1.54) is 5.56 Å². The molecule has 4 nitrogen and oxygen atoms in total. The minimum Gasteiger partial charge on any atom is -0.326 e. The van der Waals surface area contributed by atoms with E-state index < -0.39 is 0 Å². The van der Waals surface area contributed by atoms with Gasteiger partial charge in [0.1, 0.15) is 0 Å². The number of aromatic nitrogens is 2. The summed E-state index contributed by atoms with van der Waals surface area (Å²) >= 11 is 5.90. The third-order valence-corrected chi connectivity index (χ3v) is 4.08. The van der Waals surface area contributed by atoms with Crippen LogP contribution in [0.4, 0.5) is 11.6 Å². The van der Waals surface area contributed by atoms with Crippen molar-refractivity contribution < 1.29 is 0 Å². The lowest BCUT2D eigenvalue weighted by atomic mass is 10.1. The molecule has 5 heteroatoms. The van der Waals surface area contributed by atoms with Gasteiger partial charge in [0.25, 0.3) is 5.56 Å². The number of nitrogens with zero attached hydrogens (tertiary/aromatic N) is 1. The molecule has 0 atom stereocenters. The first kappa shape index (κ1) is 16.3. The molecule has 122 valence electrons. The zero-order valence-electron chi connectivity index (χ0n) is 13.6. The van der Waals surface area contributed by atoms with Gasteiger partial charge in [-0.05, 0) is 43.7 Å². The molecule has 24 heavy (non-hydrogen) atoms. The number of nitrogens with one attached hydrogen (secondary N) is 2. The molecule has 0 bridgehead atoms. The topological polar surface area (TPSA) is 57.8 Å². The van der Waals surface area contributed by atoms with Gasteiger partial charge >= 0.3 is 0 Å². The molecule has 0 radical (unpaired) electrons. The third-order valence-electron chi connectivity index (χ3n) is 3.83. The third kappa shape index (κ3) is 3.84. The Morgan fingerprint density at radius 2 is 1.71 bits per heavy atom. The average molecular weight is 340 g/mol. The fourth-order valence-corrected chi connectivity index (χ4v) is 2.58. The van der Waals surface area contributed by atoms with E-state index in [-0.39, 0.29) is 5.56 Å². The monoisotopic (exact) mass is 339 g/mol. The van der Waals surface area contributed by atoms with Crippen LogP contribution in [0.5, 0.6) is 0 Å². The molecule has 0 aliphatic carbocycles. The molecule has 1 heterocycles. The van der Waals surface area contributed by atoms with Crippen molar-refractivity contribution in [3.63, 3.8) is 0 Å². The summed E-state index contributed by atoms with van der Waals surface area (Å²) in [5.41, 5.74) is 4.32. The zero-order valence-corrected chi connectivity index (χ0v) is 14.3. The maximum atomic E-state index is 12.4. The molecule has 0 saturated carbocycles. The van der Waals surface area contributed by atoms with Gasteiger partial charge in [-0.2, -0.15) is 0 Å². The van der Waals surface area contributed by atoms with Crippen LogP contribution in [0, 0.1) is 13.8 Å². The number of H-pyrrole nitrogens is 1. The first-order valence-electron chi connectivity index (χ1n) is 7.69. The normalized spacial score (nSPS) is 10.6. The number of anilines is 2. The summed E-state index contributed by atoms with van der Waals surface area (Å²) in [6.45, 7) is 3.88. The van der Waals surface area contributed by atoms with E-state index in [0.717, 1.165) is 11.3 Å². The van der Waals surface area contributed by atoms with Gasteiger partial charge < -0.3 is 5.32 Å². The highest BCUT2D eigenvalue weighted by Crippen LogP contribution is 2.16. The van der Waals surface area contributed by atoms with Crippen molar-refractivity contribution in [2.45, 2.75) is 20.3 Å². The smallest absolute Gasteiger partial charge is 0.256 e. The summed E-state index contributed by atoms with van der Waals surface area (Å²) in [6.07, 6.45) is 0.524. The van der Waals surface area contributed by atoms with Gasteiger partial charge in [0.05, 0.1) is 5.69 Å². The first-order chi connectivity index (χ1) is 11.5. The molecule has 3 rings (SSSR count). The highest BCUT2D eigenvalue weighted by Gasteiger charge is 2.09. The van der Waals surface area contributed by atoms with Gasteiger partial charge in [-0.15, -0.1) is 0 Å². The van der Waals surface area contributed by atoms with Gasteiger partial charge in [0, 0.05) is 22.7 Å². The van der Waals surface area contributed by atoms with E-state index >= 15 is 0 Å². The molecule has 2 aromatic carbocycles. The zero-order chi connectivity index (χ0) is 17.1. The van der Waals surface area contributed by atoms with Crippen LogP contribution in [0.3, 0.4) is 0 Å². The lowest BCUT2D eigenvalue weighted by Crippen LogP contribution is -2.18. The number of hydrogen-bond donors (Lipinski definition) is 2. The van der Waals surface area contributed by atoms with Crippen LogP contribution in [0.2, 0.25) is 5.02 Å². The Bertz CT molecular complexity index is 899. The van der Waals surface area contributed by atoms with Crippen LogP contribution in [-0.2, 0) is 6.42 Å². The predicted octanol–water partition coefficient (Wildman–Crippen LogP) is 4.37. The number of hydrogen-bond acceptors (Lipinski definition) is 3. The number of aryl methyl sites for hydroxylation is 2. The molecule has 0 saturated heterocycles. The molecule has 0 aliphatic heterocycles. The van der Waals surface area contributed by atoms with Gasteiger partial charge in [-0.1, -0.05) is 41.4 Å². The summed E-state index contributed by atoms with van der Waals surface area (Å²) in [6, 6.07) is 15.4. The SMILES string of the molecule is Cc1ccc(Nc2nc(C)c(Cc3ccc(Cl)cc3)c(=O)[nH]2)cc1. The lowest BCUT2D eigenvalue weighted by Gasteiger charge is -2.09. The van der Waals surface area contributed by atoms with Crippen molar-refractivity contribution in [2.75, 3.05) is 5.32 Å². The molecular weight excluding hydrogens is 322 g/mol. The number of benzene rings is 2. The summed E-state index contributed by atoms with van der Waals surface area (Å²) in [4.78, 5) is 19.7. The second kappa shape index (κ2) is 6.89. The van der Waals surface area contributed by atoms with E-state index in [9.17, 15) is 4.79 Å².